The van der Waals surface area contributed by atoms with E-state index in [1.165, 1.54) is 0 Å². The predicted molar refractivity (Wildman–Crippen MR) is 116 cm³/mol. The minimum Gasteiger partial charge on any atom is -0.370 e. The first-order valence-electron chi connectivity index (χ1n) is 9.48. The molecule has 29 heavy (non-hydrogen) atoms. The fourth-order valence-corrected chi connectivity index (χ4v) is 3.77. The molecule has 148 valence electrons. The fourth-order valence-electron chi connectivity index (χ4n) is 3.51. The number of halogens is 1. The second kappa shape index (κ2) is 8.35. The molecule has 2 aromatic carbocycles. The minimum atomic E-state index is -0.374. The molecule has 1 fully saturated rings. The number of carbonyl (C=O) groups excluding carboxylic acids is 1. The van der Waals surface area contributed by atoms with Crippen molar-refractivity contribution in [3.63, 3.8) is 0 Å². The molecule has 1 aliphatic heterocycles. The van der Waals surface area contributed by atoms with Crippen molar-refractivity contribution in [2.24, 2.45) is 0 Å². The van der Waals surface area contributed by atoms with Gasteiger partial charge in [0.25, 0.3) is 11.5 Å². The van der Waals surface area contributed by atoms with E-state index in [-0.39, 0.29) is 23.1 Å². The van der Waals surface area contributed by atoms with Crippen molar-refractivity contribution >= 4 is 21.8 Å². The Bertz CT molecular complexity index is 1090. The zero-order valence-corrected chi connectivity index (χ0v) is 17.6. The summed E-state index contributed by atoms with van der Waals surface area (Å²) in [6.45, 7) is 3.32. The number of morpholine rings is 1. The fraction of sp³-hybridized carbons (Fsp3) is 0.217. The Balaban J connectivity index is 1.54. The number of rotatable bonds is 3. The molecule has 1 saturated heterocycles. The van der Waals surface area contributed by atoms with E-state index in [1.807, 2.05) is 55.5 Å². The standard InChI is InChI=1S/C23H21BrN2O3/c1-15-3-2-4-17(13-15)20-10-9-19(22(27)25-20)23(28)26-11-12-29-21(14-26)16-5-7-18(24)8-6-16/h2-10,13,21H,11-12,14H2,1H3,(H,25,27). The van der Waals surface area contributed by atoms with Gasteiger partial charge < -0.3 is 14.6 Å². The maximum atomic E-state index is 13.0. The zero-order valence-electron chi connectivity index (χ0n) is 16.0. The van der Waals surface area contributed by atoms with Crippen LogP contribution in [0.5, 0.6) is 0 Å². The van der Waals surface area contributed by atoms with Crippen LogP contribution in [-0.2, 0) is 4.74 Å². The van der Waals surface area contributed by atoms with Crippen molar-refractivity contribution in [2.45, 2.75) is 13.0 Å². The molecular formula is C23H21BrN2O3. The molecule has 0 spiro atoms. The molecule has 0 radical (unpaired) electrons. The molecule has 1 amide bonds. The number of aryl methyl sites for hydroxylation is 1. The van der Waals surface area contributed by atoms with Gasteiger partial charge in [-0.25, -0.2) is 0 Å². The Labute approximate surface area is 177 Å². The van der Waals surface area contributed by atoms with E-state index in [9.17, 15) is 9.59 Å². The molecule has 3 aromatic rings. The van der Waals surface area contributed by atoms with E-state index in [2.05, 4.69) is 20.9 Å². The van der Waals surface area contributed by atoms with Gasteiger partial charge in [0.15, 0.2) is 0 Å². The monoisotopic (exact) mass is 452 g/mol. The number of hydrogen-bond acceptors (Lipinski definition) is 3. The summed E-state index contributed by atoms with van der Waals surface area (Å²) in [5, 5.41) is 0. The quantitative estimate of drug-likeness (QED) is 0.643. The highest BCUT2D eigenvalue weighted by molar-refractivity contribution is 9.10. The molecule has 0 aliphatic carbocycles. The molecule has 2 heterocycles. The number of ether oxygens (including phenoxy) is 1. The molecule has 0 bridgehead atoms. The number of H-pyrrole nitrogens is 1. The van der Waals surface area contributed by atoms with E-state index in [0.29, 0.717) is 25.4 Å². The van der Waals surface area contributed by atoms with Gasteiger partial charge >= 0.3 is 0 Å². The van der Waals surface area contributed by atoms with Crippen molar-refractivity contribution in [1.29, 1.82) is 0 Å². The lowest BCUT2D eigenvalue weighted by Crippen LogP contribution is -2.43. The maximum Gasteiger partial charge on any atom is 0.261 e. The lowest BCUT2D eigenvalue weighted by molar-refractivity contribution is -0.0228. The Morgan fingerprint density at radius 2 is 1.93 bits per heavy atom. The van der Waals surface area contributed by atoms with Crippen molar-refractivity contribution in [2.75, 3.05) is 19.7 Å². The molecule has 1 aliphatic rings. The van der Waals surface area contributed by atoms with Crippen molar-refractivity contribution < 1.29 is 9.53 Å². The van der Waals surface area contributed by atoms with Crippen LogP contribution in [-0.4, -0.2) is 35.5 Å². The third-order valence-corrected chi connectivity index (χ3v) is 5.59. The van der Waals surface area contributed by atoms with Crippen LogP contribution in [0.4, 0.5) is 0 Å². The molecule has 1 N–H and O–H groups in total. The summed E-state index contributed by atoms with van der Waals surface area (Å²) >= 11 is 3.43. The number of carbonyl (C=O) groups is 1. The first-order valence-corrected chi connectivity index (χ1v) is 10.3. The lowest BCUT2D eigenvalue weighted by atomic mass is 10.1. The van der Waals surface area contributed by atoms with Gasteiger partial charge in [0.2, 0.25) is 0 Å². The van der Waals surface area contributed by atoms with E-state index in [1.54, 1.807) is 17.0 Å². The van der Waals surface area contributed by atoms with Crippen LogP contribution < -0.4 is 5.56 Å². The summed E-state index contributed by atoms with van der Waals surface area (Å²) < 4.78 is 6.83. The molecule has 6 heteroatoms. The summed E-state index contributed by atoms with van der Waals surface area (Å²) in [5.74, 6) is -0.271. The zero-order chi connectivity index (χ0) is 20.4. The second-order valence-corrected chi connectivity index (χ2v) is 8.06. The average molecular weight is 453 g/mol. The van der Waals surface area contributed by atoms with Crippen LogP contribution in [0.15, 0.2) is 69.9 Å². The predicted octanol–water partition coefficient (Wildman–Crippen LogP) is 4.33. The normalized spacial score (nSPS) is 16.6. The highest BCUT2D eigenvalue weighted by Gasteiger charge is 2.27. The Morgan fingerprint density at radius 1 is 1.14 bits per heavy atom. The van der Waals surface area contributed by atoms with Crippen LogP contribution in [0.1, 0.15) is 27.6 Å². The number of hydrogen-bond donors (Lipinski definition) is 1. The van der Waals surface area contributed by atoms with Crippen molar-refractivity contribution in [3.05, 3.63) is 92.2 Å². The third-order valence-electron chi connectivity index (χ3n) is 5.06. The Hall–Kier alpha value is -2.70. The first-order chi connectivity index (χ1) is 14.0. The van der Waals surface area contributed by atoms with Gasteiger partial charge in [-0.3, -0.25) is 9.59 Å². The van der Waals surface area contributed by atoms with E-state index in [0.717, 1.165) is 21.2 Å². The number of amides is 1. The Morgan fingerprint density at radius 3 is 2.66 bits per heavy atom. The summed E-state index contributed by atoms with van der Waals surface area (Å²) in [6.07, 6.45) is -0.202. The molecule has 0 saturated carbocycles. The van der Waals surface area contributed by atoms with Gasteiger partial charge in [-0.2, -0.15) is 0 Å². The largest absolute Gasteiger partial charge is 0.370 e. The van der Waals surface area contributed by atoms with Crippen molar-refractivity contribution in [1.82, 2.24) is 9.88 Å². The minimum absolute atomic E-state index is 0.151. The second-order valence-electron chi connectivity index (χ2n) is 7.15. The van der Waals surface area contributed by atoms with E-state index in [4.69, 9.17) is 4.74 Å². The van der Waals surface area contributed by atoms with Crippen LogP contribution in [0.25, 0.3) is 11.3 Å². The number of aromatic nitrogens is 1. The molecule has 4 rings (SSSR count). The molecule has 1 aromatic heterocycles. The number of pyridine rings is 1. The van der Waals surface area contributed by atoms with Gasteiger partial charge in [0.05, 0.1) is 13.2 Å². The van der Waals surface area contributed by atoms with Gasteiger partial charge in [-0.1, -0.05) is 51.8 Å². The summed E-state index contributed by atoms with van der Waals surface area (Å²) in [7, 11) is 0. The van der Waals surface area contributed by atoms with Crippen molar-refractivity contribution in [3.8, 4) is 11.3 Å². The maximum absolute atomic E-state index is 13.0. The number of nitrogens with one attached hydrogen (secondary N) is 1. The topological polar surface area (TPSA) is 62.4 Å². The van der Waals surface area contributed by atoms with Gasteiger partial charge in [0, 0.05) is 16.7 Å². The van der Waals surface area contributed by atoms with Gasteiger partial charge in [-0.05, 0) is 48.4 Å². The molecule has 1 atom stereocenters. The smallest absolute Gasteiger partial charge is 0.261 e. The number of benzene rings is 2. The van der Waals surface area contributed by atoms with Crippen LogP contribution in [0.3, 0.4) is 0 Å². The van der Waals surface area contributed by atoms with Gasteiger partial charge in [-0.15, -0.1) is 0 Å². The first kappa shape index (κ1) is 19.6. The SMILES string of the molecule is Cc1cccc(-c2ccc(C(=O)N3CCOC(c4ccc(Br)cc4)C3)c(=O)[nH]2)c1. The molecular weight excluding hydrogens is 432 g/mol. The highest BCUT2D eigenvalue weighted by Crippen LogP contribution is 2.25. The van der Waals surface area contributed by atoms with E-state index >= 15 is 0 Å². The van der Waals surface area contributed by atoms with Crippen LogP contribution in [0.2, 0.25) is 0 Å². The summed E-state index contributed by atoms with van der Waals surface area (Å²) in [6, 6.07) is 19.1. The highest BCUT2D eigenvalue weighted by atomic mass is 79.9. The summed E-state index contributed by atoms with van der Waals surface area (Å²) in [4.78, 5) is 30.2. The average Bonchev–Trinajstić information content (AvgIpc) is 2.74. The van der Waals surface area contributed by atoms with E-state index < -0.39 is 0 Å². The number of nitrogens with zero attached hydrogens (tertiary/aromatic N) is 1. The molecule has 5 nitrogen and oxygen atoms in total. The number of aromatic amines is 1. The van der Waals surface area contributed by atoms with Crippen LogP contribution in [0, 0.1) is 6.92 Å². The Kier molecular flexibility index (Phi) is 5.65. The van der Waals surface area contributed by atoms with Gasteiger partial charge in [0.1, 0.15) is 11.7 Å². The van der Waals surface area contributed by atoms with Crippen LogP contribution >= 0.6 is 15.9 Å². The molecule has 1 unspecified atom stereocenters. The lowest BCUT2D eigenvalue weighted by Gasteiger charge is -2.33. The third kappa shape index (κ3) is 4.33. The summed E-state index contributed by atoms with van der Waals surface area (Å²) in [5.41, 5.74) is 3.51.